The second kappa shape index (κ2) is 61.9. The van der Waals surface area contributed by atoms with E-state index in [1.54, 1.807) is 31.6 Å². The number of carbonyl (C=O) groups excluding carboxylic acids is 3. The average Bonchev–Trinajstić information content (AvgIpc) is 0.803. The number of hydrogen-bond donors (Lipinski definition) is 4. The summed E-state index contributed by atoms with van der Waals surface area (Å²) >= 11 is 3.28. The predicted octanol–water partition coefficient (Wildman–Crippen LogP) is 14.5. The van der Waals surface area contributed by atoms with Crippen molar-refractivity contribution in [2.75, 3.05) is 13.2 Å². The molecule has 115 heavy (non-hydrogen) atoms. The number of ketones is 3. The Morgan fingerprint density at radius 2 is 0.835 bits per heavy atom. The van der Waals surface area contributed by atoms with Crippen molar-refractivity contribution >= 4 is 56.7 Å². The number of nitrogens with zero attached hydrogens (tertiary/aromatic N) is 7. The van der Waals surface area contributed by atoms with Crippen LogP contribution in [-0.4, -0.2) is 92.9 Å². The minimum absolute atomic E-state index is 0. The number of halogens is 1. The molecule has 0 saturated carbocycles. The van der Waals surface area contributed by atoms with Crippen molar-refractivity contribution in [2.45, 2.75) is 171 Å². The van der Waals surface area contributed by atoms with Gasteiger partial charge in [-0.1, -0.05) is 226 Å². The van der Waals surface area contributed by atoms with Crippen molar-refractivity contribution in [1.29, 1.82) is 0 Å². The molecule has 6 atom stereocenters. The minimum atomic E-state index is -0.0944. The number of rotatable bonds is 27. The van der Waals surface area contributed by atoms with E-state index < -0.39 is 0 Å². The van der Waals surface area contributed by atoms with Crippen LogP contribution in [0.15, 0.2) is 297 Å². The minimum Gasteiger partial charge on any atom is -1.00 e. The van der Waals surface area contributed by atoms with Gasteiger partial charge in [-0.2, -0.15) is 6.42 Å². The quantitative estimate of drug-likeness (QED) is 0.0215. The molecule has 0 bridgehead atoms. The molecule has 0 aliphatic carbocycles. The number of aliphatic hydroxyl groups is 2. The Morgan fingerprint density at radius 1 is 0.487 bits per heavy atom. The molecule has 0 radical (unpaired) electrons. The van der Waals surface area contributed by atoms with Crippen LogP contribution in [0.5, 0.6) is 0 Å². The van der Waals surface area contributed by atoms with Crippen LogP contribution in [0.1, 0.15) is 202 Å². The number of allylic oxidation sites excluding steroid dienone is 2. The van der Waals surface area contributed by atoms with Gasteiger partial charge in [0.1, 0.15) is 5.78 Å². The maximum absolute atomic E-state index is 12.2. The molecule has 0 saturated heterocycles. The van der Waals surface area contributed by atoms with Gasteiger partial charge in [0.25, 0.3) is 0 Å². The Kier molecular flexibility index (Phi) is 56.2. The summed E-state index contributed by atoms with van der Waals surface area (Å²) in [5.74, 6) is 0.254. The van der Waals surface area contributed by atoms with Gasteiger partial charge in [-0.15, -0.1) is 0 Å². The average molecular weight is 1620 g/mol. The van der Waals surface area contributed by atoms with Gasteiger partial charge in [-0.05, 0) is 215 Å². The molecule has 0 unspecified atom stereocenters. The van der Waals surface area contributed by atoms with Crippen molar-refractivity contribution in [3.05, 3.63) is 388 Å². The van der Waals surface area contributed by atoms with E-state index in [1.165, 1.54) is 65.8 Å². The van der Waals surface area contributed by atoms with E-state index in [9.17, 15) is 19.5 Å². The fourth-order valence-corrected chi connectivity index (χ4v) is 11.4. The van der Waals surface area contributed by atoms with Gasteiger partial charge in [0.05, 0.1) is 0 Å². The van der Waals surface area contributed by atoms with Crippen molar-refractivity contribution in [2.24, 2.45) is 5.73 Å². The van der Waals surface area contributed by atoms with E-state index in [4.69, 9.17) is 10.8 Å². The Balaban J connectivity index is 0.00000139. The fourth-order valence-electron chi connectivity index (χ4n) is 11.1. The van der Waals surface area contributed by atoms with Gasteiger partial charge in [-0.25, -0.2) is 0 Å². The van der Waals surface area contributed by atoms with Crippen molar-refractivity contribution < 1.29 is 63.7 Å². The van der Waals surface area contributed by atoms with Crippen molar-refractivity contribution in [3.63, 3.8) is 0 Å². The van der Waals surface area contributed by atoms with E-state index in [2.05, 4.69) is 255 Å². The van der Waals surface area contributed by atoms with Crippen LogP contribution in [0.2, 0.25) is 0 Å². The third kappa shape index (κ3) is 43.9. The standard InChI is InChI=1S/C25H28N2O.C24H28N2O.C15H17N.C10H11NO.C9H14N2O.C6H6BrN.C4H6O.C4H9.Al.2Li.4H/c1-19-14-15-24(17-26-19)25(16-20(2)28)27(18-22-10-6-4-7-11-22)21(3)23-12-8-5-9-13-23;1-19-13-14-23(17-25-19)24(15-16-27)26(18-21-9-5-3-6-10-21)20(2)22-11-7-4-8-12-22;1-13(15-10-6-3-7-11-15)16-12-14-8-4-2-5-9-14;1-8-3-5-10(7-11-8)6-4-9(2)12;1-7-2-3-8(6-11-7)9(10)4-5-12;1-5-2-3-6(7)4-8-5;1-3-4(2)5;1-3-4-2;;;;;;;/h4-15,17,21,25H,16,18H2,1-3H3;3-14,17,20,24,27H,15-16,18H2,1-2H3;2-11,13,16H,12H2,1H3;3-7H,1-2H3;2-3,6,9,12H,4-5,10H2,1H3;2-4H,1H3;3H,1H2,2H3;1,3-4H2,2H3;;;;;;;/q;;;;;;;-1;;2*+1;;;;-1/b;;;6-4+;;;;;;;;;;;/t21-,25+;20-,24+;13-;;9-;;;;;;;;;;/m000.1........../s1. The number of aliphatic hydroxyl groups excluding tert-OH is 2. The number of aromatic nitrogens is 5. The van der Waals surface area contributed by atoms with Crippen LogP contribution in [0.25, 0.3) is 6.08 Å². The number of unbranched alkanes of at least 4 members (excludes halogenated alkanes) is 1. The first-order chi connectivity index (χ1) is 54.0. The van der Waals surface area contributed by atoms with Gasteiger partial charge in [-0.3, -0.25) is 49.1 Å². The number of Topliss-reactive ketones (excluding diaryl/α,β-unsaturated/α-hetero) is 1. The molecule has 5 N–H and O–H groups in total. The maximum atomic E-state index is 12.2. The Labute approximate surface area is 732 Å². The van der Waals surface area contributed by atoms with Crippen molar-refractivity contribution in [3.8, 4) is 0 Å². The van der Waals surface area contributed by atoms with Gasteiger partial charge in [0, 0.05) is 139 Å². The Hall–Kier alpha value is -8.47. The molecule has 598 valence electrons. The number of carbonyl (C=O) groups is 3. The van der Waals surface area contributed by atoms with Crippen LogP contribution in [0.4, 0.5) is 0 Å². The predicted molar refractivity (Wildman–Crippen MR) is 477 cm³/mol. The fraction of sp³-hybridized carbons (Fsp3) is 0.289. The Bertz CT molecular complexity index is 4330. The zero-order chi connectivity index (χ0) is 81.8. The first-order valence-corrected chi connectivity index (χ1v) is 39.2. The van der Waals surface area contributed by atoms with Gasteiger partial charge >= 0.3 is 37.7 Å². The molecule has 14 nitrogen and oxygen atoms in total. The number of pyridine rings is 5. The van der Waals surface area contributed by atoms with Crippen LogP contribution in [0, 0.1) is 41.5 Å². The molecule has 0 amide bonds. The number of hydrogen-bond acceptors (Lipinski definition) is 14. The summed E-state index contributed by atoms with van der Waals surface area (Å²) in [4.78, 5) is 58.5. The summed E-state index contributed by atoms with van der Waals surface area (Å²) in [5, 5.41) is 21.9. The van der Waals surface area contributed by atoms with Crippen LogP contribution in [-0.2, 0) is 34.0 Å². The third-order valence-corrected chi connectivity index (χ3v) is 18.3. The zero-order valence-electron chi connectivity index (χ0n) is 70.9. The first kappa shape index (κ1) is 105. The topological polar surface area (TPSA) is 201 Å². The molecule has 18 heteroatoms. The first-order valence-electron chi connectivity index (χ1n) is 38.4. The van der Waals surface area contributed by atoms with Crippen molar-refractivity contribution in [1.82, 2.24) is 40.0 Å². The zero-order valence-corrected chi connectivity index (χ0v) is 71.5. The normalized spacial score (nSPS) is 11.7. The molecule has 0 spiro atoms. The molecular weight excluding hydrogens is 1490 g/mol. The molecule has 0 aliphatic heterocycles. The summed E-state index contributed by atoms with van der Waals surface area (Å²) in [5.41, 5.74) is 22.6. The molecule has 11 aromatic rings. The monoisotopic (exact) mass is 1610 g/mol. The van der Waals surface area contributed by atoms with Gasteiger partial charge in [0.15, 0.2) is 28.9 Å². The Morgan fingerprint density at radius 3 is 1.17 bits per heavy atom. The summed E-state index contributed by atoms with van der Waals surface area (Å²) < 4.78 is 1.03. The summed E-state index contributed by atoms with van der Waals surface area (Å²) in [6.45, 7) is 32.8. The maximum Gasteiger partial charge on any atom is 1.00 e. The second-order valence-corrected chi connectivity index (χ2v) is 28.1. The number of nitrogens with two attached hydrogens (primary N) is 1. The molecule has 0 aliphatic rings. The molecule has 5 heterocycles. The summed E-state index contributed by atoms with van der Waals surface area (Å²) in [6, 6.07) is 83.7. The largest absolute Gasteiger partial charge is 1.00 e. The SMILES string of the molecule is C=CC(C)=O.CC(=O)/C=C/c1ccc(C)nc1.CC(=O)C[C@H](c1ccc(C)nc1)N(Cc1ccccc1)[C@@H](C)c1ccccc1.C[C@H](NCc1ccccc1)c1ccccc1.Cc1ccc(Br)cn1.Cc1ccc([C@@H](CCO)N(Cc2ccccc2)[C@@H](C)c2ccccc2)cn1.Cc1ccc([C@H](N)CCO)cn1.[AlH3].[CH2-]CCC.[H-].[Li+].[Li+]. The molecule has 6 aromatic carbocycles. The molecule has 0 fully saturated rings. The van der Waals surface area contributed by atoms with Crippen LogP contribution in [0.3, 0.4) is 0 Å². The summed E-state index contributed by atoms with van der Waals surface area (Å²) in [6.07, 6.45) is 17.7. The van der Waals surface area contributed by atoms with E-state index >= 15 is 0 Å². The number of nitrogens with one attached hydrogen (secondary N) is 1. The second-order valence-electron chi connectivity index (χ2n) is 27.2. The van der Waals surface area contributed by atoms with Crippen LogP contribution >= 0.6 is 15.9 Å². The number of benzene rings is 6. The van der Waals surface area contributed by atoms with E-state index in [0.717, 1.165) is 81.3 Å². The van der Waals surface area contributed by atoms with Crippen LogP contribution < -0.4 is 48.8 Å². The molecule has 5 aromatic heterocycles. The van der Waals surface area contributed by atoms with E-state index in [1.807, 2.05) is 132 Å². The van der Waals surface area contributed by atoms with Gasteiger partial charge in [0.2, 0.25) is 0 Å². The van der Waals surface area contributed by atoms with E-state index in [0.29, 0.717) is 25.3 Å². The van der Waals surface area contributed by atoms with Gasteiger partial charge < -0.3 is 29.6 Å². The smallest absolute Gasteiger partial charge is 1.00 e. The summed E-state index contributed by atoms with van der Waals surface area (Å²) in [7, 11) is 0. The molecular formula is C97H123AlBrLi2N9O5. The number of aryl methyl sites for hydroxylation is 5. The third-order valence-electron chi connectivity index (χ3n) is 17.8. The molecule has 11 rings (SSSR count). The van der Waals surface area contributed by atoms with E-state index in [-0.39, 0.29) is 117 Å².